The lowest BCUT2D eigenvalue weighted by molar-refractivity contribution is -0.153. The zero-order chi connectivity index (χ0) is 23.7. The molecule has 1 heterocycles. The molecule has 1 aliphatic heterocycles. The molecule has 3 N–H and O–H groups in total. The summed E-state index contributed by atoms with van der Waals surface area (Å²) in [6, 6.07) is 15.2. The van der Waals surface area contributed by atoms with E-state index in [1.807, 2.05) is 53.4 Å². The van der Waals surface area contributed by atoms with Gasteiger partial charge in [-0.25, -0.2) is 0 Å². The molecule has 2 aliphatic carbocycles. The van der Waals surface area contributed by atoms with Crippen molar-refractivity contribution in [2.75, 3.05) is 13.1 Å². The summed E-state index contributed by atoms with van der Waals surface area (Å²) in [5.74, 6) is 1.72. The Morgan fingerprint density at radius 2 is 1.49 bits per heavy atom. The number of piperidine rings is 1. The van der Waals surface area contributed by atoms with Crippen LogP contribution in [0.2, 0.25) is 0 Å². The Labute approximate surface area is 213 Å². The topological polar surface area (TPSA) is 96.5 Å². The van der Waals surface area contributed by atoms with Gasteiger partial charge in [-0.3, -0.25) is 15.0 Å². The van der Waals surface area contributed by atoms with E-state index in [0.717, 1.165) is 36.3 Å². The van der Waals surface area contributed by atoms with Crippen LogP contribution in [-0.2, 0) is 9.53 Å². The van der Waals surface area contributed by atoms with Crippen molar-refractivity contribution in [3.63, 3.8) is 0 Å². The van der Waals surface area contributed by atoms with E-state index in [-0.39, 0.29) is 36.2 Å². The van der Waals surface area contributed by atoms with E-state index in [1.165, 1.54) is 19.3 Å². The molecule has 3 fully saturated rings. The van der Waals surface area contributed by atoms with Crippen LogP contribution in [0.5, 0.6) is 0 Å². The highest BCUT2D eigenvalue weighted by Gasteiger charge is 2.41. The zero-order valence-corrected chi connectivity index (χ0v) is 20.8. The van der Waals surface area contributed by atoms with Gasteiger partial charge < -0.3 is 15.4 Å². The molecule has 3 unspecified atom stereocenters. The SMILES string of the molecule is Cl.N=C(N)c1ccc(-c2ccc(C(=O)N3CCC(CC(=O)OC4CC5CCC4C5)CC3)cc2)cc1. The van der Waals surface area contributed by atoms with Gasteiger partial charge >= 0.3 is 5.97 Å². The summed E-state index contributed by atoms with van der Waals surface area (Å²) in [5, 5.41) is 7.50. The molecule has 7 heteroatoms. The number of ether oxygens (including phenoxy) is 1. The number of fused-ring (bicyclic) bond motifs is 2. The van der Waals surface area contributed by atoms with Crippen LogP contribution < -0.4 is 5.73 Å². The van der Waals surface area contributed by atoms with Crippen LogP contribution in [-0.4, -0.2) is 41.8 Å². The highest BCUT2D eigenvalue weighted by atomic mass is 35.5. The summed E-state index contributed by atoms with van der Waals surface area (Å²) < 4.78 is 5.82. The molecule has 3 aliphatic rings. The number of carbonyl (C=O) groups is 2. The molecule has 1 amide bonds. The molecule has 2 aromatic carbocycles. The van der Waals surface area contributed by atoms with E-state index >= 15 is 0 Å². The number of nitrogens with one attached hydrogen (secondary N) is 1. The van der Waals surface area contributed by atoms with E-state index in [9.17, 15) is 9.59 Å². The lowest BCUT2D eigenvalue weighted by Crippen LogP contribution is -2.39. The maximum Gasteiger partial charge on any atom is 0.306 e. The second-order valence-electron chi connectivity index (χ2n) is 10.2. The molecular weight excluding hydrogens is 462 g/mol. The van der Waals surface area contributed by atoms with Crippen LogP contribution in [0.25, 0.3) is 11.1 Å². The van der Waals surface area contributed by atoms with Gasteiger partial charge in [0.15, 0.2) is 0 Å². The van der Waals surface area contributed by atoms with Gasteiger partial charge in [0.2, 0.25) is 0 Å². The van der Waals surface area contributed by atoms with Crippen LogP contribution in [0.1, 0.15) is 60.9 Å². The molecular formula is C28H34ClN3O3. The third-order valence-corrected chi connectivity index (χ3v) is 7.97. The number of benzene rings is 2. The summed E-state index contributed by atoms with van der Waals surface area (Å²) in [4.78, 5) is 27.4. The number of nitrogens with two attached hydrogens (primary N) is 1. The van der Waals surface area contributed by atoms with E-state index in [4.69, 9.17) is 15.9 Å². The molecule has 0 radical (unpaired) electrons. The smallest absolute Gasteiger partial charge is 0.306 e. The van der Waals surface area contributed by atoms with Gasteiger partial charge in [-0.1, -0.05) is 36.4 Å². The van der Waals surface area contributed by atoms with Crippen LogP contribution in [0.3, 0.4) is 0 Å². The van der Waals surface area contributed by atoms with Gasteiger partial charge in [-0.15, -0.1) is 12.4 Å². The summed E-state index contributed by atoms with van der Waals surface area (Å²) in [6.45, 7) is 1.36. The quantitative estimate of drug-likeness (QED) is 0.333. The number of hydrogen-bond donors (Lipinski definition) is 2. The predicted molar refractivity (Wildman–Crippen MR) is 139 cm³/mol. The first-order valence-corrected chi connectivity index (χ1v) is 12.5. The second-order valence-corrected chi connectivity index (χ2v) is 10.2. The first kappa shape index (κ1) is 25.2. The fourth-order valence-corrected chi connectivity index (χ4v) is 5.95. The van der Waals surface area contributed by atoms with E-state index in [0.29, 0.717) is 42.5 Å². The monoisotopic (exact) mass is 495 g/mol. The van der Waals surface area contributed by atoms with Gasteiger partial charge in [0.25, 0.3) is 5.91 Å². The molecule has 2 bridgehead atoms. The van der Waals surface area contributed by atoms with Crippen molar-refractivity contribution in [2.45, 2.75) is 51.0 Å². The summed E-state index contributed by atoms with van der Waals surface area (Å²) in [6.07, 6.45) is 7.15. The number of nitrogens with zero attached hydrogens (tertiary/aromatic N) is 1. The van der Waals surface area contributed by atoms with E-state index in [2.05, 4.69) is 0 Å². The first-order valence-electron chi connectivity index (χ1n) is 12.5. The largest absolute Gasteiger partial charge is 0.462 e. The first-order chi connectivity index (χ1) is 16.5. The number of hydrogen-bond acceptors (Lipinski definition) is 4. The van der Waals surface area contributed by atoms with Gasteiger partial charge in [0.05, 0.1) is 0 Å². The summed E-state index contributed by atoms with van der Waals surface area (Å²) in [5.41, 5.74) is 8.92. The molecule has 2 aromatic rings. The molecule has 1 saturated heterocycles. The van der Waals surface area contributed by atoms with Gasteiger partial charge in [-0.2, -0.15) is 0 Å². The second kappa shape index (κ2) is 10.8. The number of amides is 1. The maximum atomic E-state index is 13.0. The molecule has 0 spiro atoms. The summed E-state index contributed by atoms with van der Waals surface area (Å²) in [7, 11) is 0. The average molecular weight is 496 g/mol. The van der Waals surface area contributed by atoms with Crippen molar-refractivity contribution < 1.29 is 14.3 Å². The average Bonchev–Trinajstić information content (AvgIpc) is 3.48. The number of nitrogen functional groups attached to an aromatic ring is 1. The molecule has 35 heavy (non-hydrogen) atoms. The maximum absolute atomic E-state index is 13.0. The van der Waals surface area contributed by atoms with Crippen molar-refractivity contribution >= 4 is 30.1 Å². The minimum atomic E-state index is -0.0470. The summed E-state index contributed by atoms with van der Waals surface area (Å²) >= 11 is 0. The van der Waals surface area contributed by atoms with Crippen LogP contribution in [0.15, 0.2) is 48.5 Å². The number of halogens is 1. The Hall–Kier alpha value is -2.86. The number of carbonyl (C=O) groups excluding carboxylic acids is 2. The normalized spacial score (nSPS) is 23.5. The Balaban J connectivity index is 0.00000289. The Bertz CT molecular complexity index is 1060. The van der Waals surface area contributed by atoms with Crippen molar-refractivity contribution in [1.82, 2.24) is 4.90 Å². The van der Waals surface area contributed by atoms with Crippen molar-refractivity contribution in [3.05, 3.63) is 59.7 Å². The molecule has 5 rings (SSSR count). The minimum Gasteiger partial charge on any atom is -0.462 e. The predicted octanol–water partition coefficient (Wildman–Crippen LogP) is 5.03. The van der Waals surface area contributed by atoms with E-state index in [1.54, 1.807) is 0 Å². The Morgan fingerprint density at radius 1 is 0.886 bits per heavy atom. The third kappa shape index (κ3) is 5.69. The minimum absolute atomic E-state index is 0. The van der Waals surface area contributed by atoms with Crippen LogP contribution in [0, 0.1) is 23.2 Å². The molecule has 3 atom stereocenters. The number of likely N-dealkylation sites (tertiary alicyclic amines) is 1. The lowest BCUT2D eigenvalue weighted by atomic mass is 9.93. The number of amidine groups is 1. The fourth-order valence-electron chi connectivity index (χ4n) is 5.95. The standard InChI is InChI=1S/C28H33N3O3.ClH/c29-27(30)22-7-3-20(4-8-22)21-5-9-23(10-6-21)28(33)31-13-11-18(12-14-31)17-26(32)34-25-16-19-1-2-24(25)15-19;/h3-10,18-19,24-25H,1-2,11-17H2,(H3,29,30);1H. The van der Waals surface area contributed by atoms with Crippen LogP contribution in [0.4, 0.5) is 0 Å². The third-order valence-electron chi connectivity index (χ3n) is 7.97. The Morgan fingerprint density at radius 3 is 2.00 bits per heavy atom. The molecule has 0 aromatic heterocycles. The van der Waals surface area contributed by atoms with Crippen molar-refractivity contribution in [3.8, 4) is 11.1 Å². The fraction of sp³-hybridized carbons (Fsp3) is 0.464. The highest BCUT2D eigenvalue weighted by molar-refractivity contribution is 5.96. The lowest BCUT2D eigenvalue weighted by Gasteiger charge is -2.32. The Kier molecular flexibility index (Phi) is 7.80. The van der Waals surface area contributed by atoms with Crippen molar-refractivity contribution in [1.29, 1.82) is 5.41 Å². The van der Waals surface area contributed by atoms with Gasteiger partial charge in [0, 0.05) is 30.6 Å². The molecule has 2 saturated carbocycles. The van der Waals surface area contributed by atoms with E-state index < -0.39 is 0 Å². The number of esters is 1. The number of rotatable bonds is 6. The molecule has 186 valence electrons. The van der Waals surface area contributed by atoms with Gasteiger partial charge in [-0.05, 0) is 79.5 Å². The van der Waals surface area contributed by atoms with Gasteiger partial charge in [0.1, 0.15) is 11.9 Å². The van der Waals surface area contributed by atoms with Crippen molar-refractivity contribution in [2.24, 2.45) is 23.5 Å². The van der Waals surface area contributed by atoms with Crippen LogP contribution >= 0.6 is 12.4 Å². The zero-order valence-electron chi connectivity index (χ0n) is 19.9. The molecule has 6 nitrogen and oxygen atoms in total. The highest BCUT2D eigenvalue weighted by Crippen LogP contribution is 2.46.